The molecular weight excluding hydrogens is 328 g/mol. The highest BCUT2D eigenvalue weighted by atomic mass is 16.3. The van der Waals surface area contributed by atoms with Gasteiger partial charge < -0.3 is 15.0 Å². The molecule has 0 saturated carbocycles. The molecule has 0 radical (unpaired) electrons. The van der Waals surface area contributed by atoms with Crippen LogP contribution in [-0.2, 0) is 0 Å². The van der Waals surface area contributed by atoms with E-state index < -0.39 is 5.60 Å². The van der Waals surface area contributed by atoms with Crippen LogP contribution in [0.25, 0.3) is 22.4 Å². The number of fused-ring (bicyclic) bond motifs is 1. The number of nitrogens with zero attached hydrogens (tertiary/aromatic N) is 3. The molecule has 6 nitrogen and oxygen atoms in total. The summed E-state index contributed by atoms with van der Waals surface area (Å²) in [5.74, 6) is 2.90. The summed E-state index contributed by atoms with van der Waals surface area (Å²) < 4.78 is 0. The summed E-state index contributed by atoms with van der Waals surface area (Å²) in [7, 11) is 0. The summed E-state index contributed by atoms with van der Waals surface area (Å²) >= 11 is 0. The highest BCUT2D eigenvalue weighted by Gasteiger charge is 2.32. The quantitative estimate of drug-likeness (QED) is 0.697. The molecule has 1 aliphatic rings. The van der Waals surface area contributed by atoms with Crippen LogP contribution in [0.3, 0.4) is 0 Å². The number of aromatic amines is 1. The van der Waals surface area contributed by atoms with Gasteiger partial charge in [0.2, 0.25) is 0 Å². The maximum Gasteiger partial charge on any atom is 0.270 e. The Labute approximate surface area is 150 Å². The van der Waals surface area contributed by atoms with Crippen molar-refractivity contribution in [2.24, 2.45) is 0 Å². The molecule has 1 saturated heterocycles. The predicted molar refractivity (Wildman–Crippen MR) is 98.2 cm³/mol. The second kappa shape index (κ2) is 6.28. The first kappa shape index (κ1) is 16.3. The molecule has 0 atom stereocenters. The number of rotatable bonds is 2. The minimum Gasteiger partial charge on any atom is -0.377 e. The number of aliphatic hydroxyl groups is 1. The van der Waals surface area contributed by atoms with Gasteiger partial charge in [-0.15, -0.1) is 6.42 Å². The summed E-state index contributed by atoms with van der Waals surface area (Å²) in [6.45, 7) is 0.853. The van der Waals surface area contributed by atoms with Crippen LogP contribution in [0.2, 0.25) is 0 Å². The number of carbonyl (C=O) groups excluding carboxylic acids is 1. The third-order valence-electron chi connectivity index (χ3n) is 4.78. The van der Waals surface area contributed by atoms with E-state index in [0.717, 1.165) is 10.9 Å². The lowest BCUT2D eigenvalue weighted by atomic mass is 9.92. The Bertz CT molecular complexity index is 996. The van der Waals surface area contributed by atoms with Crippen molar-refractivity contribution in [1.82, 2.24) is 19.9 Å². The Morgan fingerprint density at radius 2 is 2.00 bits per heavy atom. The lowest BCUT2D eigenvalue weighted by Crippen LogP contribution is -2.46. The molecule has 1 fully saturated rings. The lowest BCUT2D eigenvalue weighted by Gasteiger charge is -2.34. The molecule has 0 spiro atoms. The predicted octanol–water partition coefficient (Wildman–Crippen LogP) is 2.23. The molecule has 130 valence electrons. The number of likely N-dealkylation sites (tertiary alicyclic amines) is 1. The third kappa shape index (κ3) is 2.93. The van der Waals surface area contributed by atoms with Crippen LogP contribution in [0.15, 0.2) is 42.6 Å². The number of piperidine rings is 1. The molecule has 1 aliphatic heterocycles. The van der Waals surface area contributed by atoms with Gasteiger partial charge >= 0.3 is 0 Å². The summed E-state index contributed by atoms with van der Waals surface area (Å²) in [5, 5.41) is 10.9. The van der Waals surface area contributed by atoms with Crippen molar-refractivity contribution in [3.63, 3.8) is 0 Å². The van der Waals surface area contributed by atoms with Crippen molar-refractivity contribution in [3.8, 4) is 23.7 Å². The fourth-order valence-electron chi connectivity index (χ4n) is 3.15. The number of aromatic nitrogens is 3. The first-order chi connectivity index (χ1) is 12.6. The van der Waals surface area contributed by atoms with E-state index in [-0.39, 0.29) is 5.91 Å². The van der Waals surface area contributed by atoms with Crippen molar-refractivity contribution < 1.29 is 9.90 Å². The molecule has 0 bridgehead atoms. The fourth-order valence-corrected chi connectivity index (χ4v) is 3.15. The zero-order valence-electron chi connectivity index (χ0n) is 14.1. The molecule has 4 rings (SSSR count). The number of terminal acetylenes is 1. The molecule has 1 aromatic carbocycles. The van der Waals surface area contributed by atoms with Crippen molar-refractivity contribution in [3.05, 3.63) is 48.3 Å². The molecule has 1 amide bonds. The maximum absolute atomic E-state index is 12.7. The smallest absolute Gasteiger partial charge is 0.270 e. The van der Waals surface area contributed by atoms with Crippen LogP contribution in [-0.4, -0.2) is 49.6 Å². The van der Waals surface area contributed by atoms with Gasteiger partial charge in [0.05, 0.1) is 0 Å². The minimum atomic E-state index is -1.10. The van der Waals surface area contributed by atoms with E-state index in [2.05, 4.69) is 20.9 Å². The van der Waals surface area contributed by atoms with Gasteiger partial charge in [0.25, 0.3) is 5.91 Å². The molecule has 6 heteroatoms. The average molecular weight is 346 g/mol. The first-order valence-corrected chi connectivity index (χ1v) is 8.49. The third-order valence-corrected chi connectivity index (χ3v) is 4.78. The maximum atomic E-state index is 12.7. The minimum absolute atomic E-state index is 0.122. The number of hydrogen-bond donors (Lipinski definition) is 2. The van der Waals surface area contributed by atoms with E-state index in [9.17, 15) is 9.90 Å². The topological polar surface area (TPSA) is 82.1 Å². The van der Waals surface area contributed by atoms with E-state index in [1.807, 2.05) is 30.3 Å². The summed E-state index contributed by atoms with van der Waals surface area (Å²) in [5.41, 5.74) is 0.902. The van der Waals surface area contributed by atoms with Gasteiger partial charge in [-0.2, -0.15) is 0 Å². The summed E-state index contributed by atoms with van der Waals surface area (Å²) in [4.78, 5) is 26.4. The summed E-state index contributed by atoms with van der Waals surface area (Å²) in [6, 6.07) is 11.4. The number of H-pyrrole nitrogens is 1. The number of benzene rings is 1. The molecular formula is C20H18N4O2. The number of amides is 1. The Morgan fingerprint density at radius 3 is 2.69 bits per heavy atom. The molecule has 0 aliphatic carbocycles. The van der Waals surface area contributed by atoms with Crippen molar-refractivity contribution in [1.29, 1.82) is 0 Å². The highest BCUT2D eigenvalue weighted by Crippen LogP contribution is 2.24. The molecule has 3 aromatic rings. The monoisotopic (exact) mass is 346 g/mol. The van der Waals surface area contributed by atoms with Gasteiger partial charge in [0.15, 0.2) is 5.82 Å². The first-order valence-electron chi connectivity index (χ1n) is 8.49. The second-order valence-corrected chi connectivity index (χ2v) is 6.51. The van der Waals surface area contributed by atoms with Crippen LogP contribution >= 0.6 is 0 Å². The van der Waals surface area contributed by atoms with Crippen LogP contribution in [0.5, 0.6) is 0 Å². The van der Waals surface area contributed by atoms with Crippen molar-refractivity contribution >= 4 is 16.9 Å². The van der Waals surface area contributed by atoms with E-state index >= 15 is 0 Å². The molecule has 2 N–H and O–H groups in total. The van der Waals surface area contributed by atoms with Crippen LogP contribution < -0.4 is 0 Å². The Morgan fingerprint density at radius 1 is 1.27 bits per heavy atom. The Hall–Kier alpha value is -3.17. The van der Waals surface area contributed by atoms with Gasteiger partial charge in [0.1, 0.15) is 16.9 Å². The summed E-state index contributed by atoms with van der Waals surface area (Å²) in [6.07, 6.45) is 7.84. The Kier molecular flexibility index (Phi) is 3.94. The average Bonchev–Trinajstić information content (AvgIpc) is 3.12. The highest BCUT2D eigenvalue weighted by molar-refractivity contribution is 5.97. The van der Waals surface area contributed by atoms with Gasteiger partial charge in [0, 0.05) is 43.1 Å². The molecule has 26 heavy (non-hydrogen) atoms. The van der Waals surface area contributed by atoms with Crippen molar-refractivity contribution in [2.75, 3.05) is 13.1 Å². The van der Waals surface area contributed by atoms with E-state index in [1.165, 1.54) is 0 Å². The number of carbonyl (C=O) groups is 1. The fraction of sp³-hybridized carbons (Fsp3) is 0.250. The van der Waals surface area contributed by atoms with Gasteiger partial charge in [-0.25, -0.2) is 9.97 Å². The van der Waals surface area contributed by atoms with Gasteiger partial charge in [-0.05, 0) is 6.07 Å². The number of nitrogens with one attached hydrogen (secondary N) is 1. The van der Waals surface area contributed by atoms with Gasteiger partial charge in [-0.3, -0.25) is 4.79 Å². The second-order valence-electron chi connectivity index (χ2n) is 6.51. The van der Waals surface area contributed by atoms with Crippen LogP contribution in [0.1, 0.15) is 23.3 Å². The molecule has 2 aromatic heterocycles. The Balaban J connectivity index is 1.58. The molecule has 3 heterocycles. The zero-order valence-corrected chi connectivity index (χ0v) is 14.1. The normalized spacial score (nSPS) is 16.4. The van der Waals surface area contributed by atoms with Gasteiger partial charge in [-0.1, -0.05) is 36.3 Å². The molecule has 0 unspecified atom stereocenters. The van der Waals surface area contributed by atoms with E-state index in [4.69, 9.17) is 6.42 Å². The van der Waals surface area contributed by atoms with E-state index in [0.29, 0.717) is 43.1 Å². The standard InChI is InChI=1S/C20H18N4O2/c1-2-20(26)8-10-24(11-9-20)19(25)16-12-15-13-21-17(23-18(15)22-16)14-6-4-3-5-7-14/h1,3-7,12-13,26H,8-11H2,(H,21,22,23). The lowest BCUT2D eigenvalue weighted by molar-refractivity contribution is 0.0247. The zero-order chi connectivity index (χ0) is 18.1. The van der Waals surface area contributed by atoms with Crippen LogP contribution in [0.4, 0.5) is 0 Å². The largest absolute Gasteiger partial charge is 0.377 e. The van der Waals surface area contributed by atoms with Crippen molar-refractivity contribution in [2.45, 2.75) is 18.4 Å². The van der Waals surface area contributed by atoms with Crippen LogP contribution in [0, 0.1) is 12.3 Å². The SMILES string of the molecule is C#CC1(O)CCN(C(=O)c2cc3cnc(-c4ccccc4)nc3[nH]2)CC1. The number of hydrogen-bond acceptors (Lipinski definition) is 4. The van der Waals surface area contributed by atoms with E-state index in [1.54, 1.807) is 17.2 Å².